The minimum Gasteiger partial charge on any atom is -0.398 e. The highest BCUT2D eigenvalue weighted by atomic mass is 16.2. The molecule has 2 aromatic carbocycles. The molecule has 1 amide bonds. The van der Waals surface area contributed by atoms with Gasteiger partial charge in [0.2, 0.25) is 5.91 Å². The molecule has 0 unspecified atom stereocenters. The number of benzene rings is 2. The van der Waals surface area contributed by atoms with Crippen molar-refractivity contribution in [1.29, 1.82) is 0 Å². The first-order valence-corrected chi connectivity index (χ1v) is 6.65. The summed E-state index contributed by atoms with van der Waals surface area (Å²) in [6.07, 6.45) is 0.316. The zero-order chi connectivity index (χ0) is 14.7. The first-order valence-electron chi connectivity index (χ1n) is 6.65. The maximum absolute atomic E-state index is 12.4. The summed E-state index contributed by atoms with van der Waals surface area (Å²) in [5, 5.41) is 0. The molecule has 0 aliphatic heterocycles. The normalized spacial score (nSPS) is 10.3. The molecule has 0 saturated carbocycles. The third-order valence-electron chi connectivity index (χ3n) is 3.36. The Morgan fingerprint density at radius 1 is 1.10 bits per heavy atom. The second-order valence-electron chi connectivity index (χ2n) is 5.17. The highest BCUT2D eigenvalue weighted by molar-refractivity contribution is 5.95. The van der Waals surface area contributed by atoms with Crippen LogP contribution in [0.1, 0.15) is 16.7 Å². The van der Waals surface area contributed by atoms with Crippen molar-refractivity contribution in [1.82, 2.24) is 0 Å². The minimum absolute atomic E-state index is 0.0351. The Balaban J connectivity index is 2.18. The predicted molar refractivity (Wildman–Crippen MR) is 83.9 cm³/mol. The summed E-state index contributed by atoms with van der Waals surface area (Å²) in [6, 6.07) is 13.6. The standard InChI is InChI=1S/C17H20N2O/c1-12-8-13(2)10-15(9-12)19(3)17(20)11-14-6-4-5-7-16(14)18/h4-10H,11,18H2,1-3H3. The van der Waals surface area contributed by atoms with Crippen LogP contribution < -0.4 is 10.6 Å². The molecule has 104 valence electrons. The molecule has 0 heterocycles. The fourth-order valence-corrected chi connectivity index (χ4v) is 2.26. The van der Waals surface area contributed by atoms with Gasteiger partial charge >= 0.3 is 0 Å². The number of hydrogen-bond donors (Lipinski definition) is 1. The van der Waals surface area contributed by atoms with Gasteiger partial charge in [0.15, 0.2) is 0 Å². The molecule has 0 aliphatic carbocycles. The van der Waals surface area contributed by atoms with Crippen molar-refractivity contribution >= 4 is 17.3 Å². The number of amides is 1. The van der Waals surface area contributed by atoms with Crippen molar-refractivity contribution in [3.8, 4) is 0 Å². The fourth-order valence-electron chi connectivity index (χ4n) is 2.26. The first kappa shape index (κ1) is 14.1. The molecule has 0 spiro atoms. The summed E-state index contributed by atoms with van der Waals surface area (Å²) in [5.74, 6) is 0.0351. The SMILES string of the molecule is Cc1cc(C)cc(N(C)C(=O)Cc2ccccc2N)c1. The molecule has 3 heteroatoms. The number of anilines is 2. The maximum atomic E-state index is 12.4. The van der Waals surface area contributed by atoms with E-state index in [0.717, 1.165) is 22.4 Å². The summed E-state index contributed by atoms with van der Waals surface area (Å²) >= 11 is 0. The van der Waals surface area contributed by atoms with Gasteiger partial charge in [-0.15, -0.1) is 0 Å². The van der Waals surface area contributed by atoms with Crippen LogP contribution in [-0.4, -0.2) is 13.0 Å². The maximum Gasteiger partial charge on any atom is 0.231 e. The van der Waals surface area contributed by atoms with E-state index in [9.17, 15) is 4.79 Å². The molecule has 0 bridgehead atoms. The molecular formula is C17H20N2O. The fraction of sp³-hybridized carbons (Fsp3) is 0.235. The van der Waals surface area contributed by atoms with E-state index in [1.54, 1.807) is 11.9 Å². The van der Waals surface area contributed by atoms with Gasteiger partial charge in [0, 0.05) is 18.4 Å². The lowest BCUT2D eigenvalue weighted by molar-refractivity contribution is -0.117. The van der Waals surface area contributed by atoms with Crippen LogP contribution in [0.25, 0.3) is 0 Å². The summed E-state index contributed by atoms with van der Waals surface area (Å²) in [5.41, 5.74) is 10.6. The second kappa shape index (κ2) is 5.78. The zero-order valence-electron chi connectivity index (χ0n) is 12.2. The van der Waals surface area contributed by atoms with Crippen molar-refractivity contribution in [2.24, 2.45) is 0 Å². The minimum atomic E-state index is 0.0351. The van der Waals surface area contributed by atoms with E-state index in [1.165, 1.54) is 0 Å². The molecule has 2 rings (SSSR count). The molecule has 0 atom stereocenters. The number of carbonyl (C=O) groups excluding carboxylic acids is 1. The van der Waals surface area contributed by atoms with Crippen molar-refractivity contribution < 1.29 is 4.79 Å². The van der Waals surface area contributed by atoms with E-state index in [2.05, 4.69) is 6.07 Å². The number of nitrogens with zero attached hydrogens (tertiary/aromatic N) is 1. The second-order valence-corrected chi connectivity index (χ2v) is 5.17. The van der Waals surface area contributed by atoms with Crippen molar-refractivity contribution in [2.75, 3.05) is 17.7 Å². The largest absolute Gasteiger partial charge is 0.398 e. The van der Waals surface area contributed by atoms with Crippen molar-refractivity contribution in [3.05, 3.63) is 59.2 Å². The van der Waals surface area contributed by atoms with Gasteiger partial charge < -0.3 is 10.6 Å². The van der Waals surface area contributed by atoms with Crippen LogP contribution in [0.4, 0.5) is 11.4 Å². The number of nitrogens with two attached hydrogens (primary N) is 1. The Morgan fingerprint density at radius 3 is 2.30 bits per heavy atom. The van der Waals surface area contributed by atoms with Gasteiger partial charge in [0.1, 0.15) is 0 Å². The third kappa shape index (κ3) is 3.18. The molecular weight excluding hydrogens is 248 g/mol. The molecule has 0 aromatic heterocycles. The van der Waals surface area contributed by atoms with Gasteiger partial charge in [-0.05, 0) is 48.7 Å². The molecule has 2 aromatic rings. The molecule has 2 N–H and O–H groups in total. The lowest BCUT2D eigenvalue weighted by atomic mass is 10.1. The predicted octanol–water partition coefficient (Wildman–Crippen LogP) is 3.09. The Labute approximate surface area is 120 Å². The highest BCUT2D eigenvalue weighted by Crippen LogP contribution is 2.19. The van der Waals surface area contributed by atoms with Crippen molar-refractivity contribution in [2.45, 2.75) is 20.3 Å². The van der Waals surface area contributed by atoms with Crippen LogP contribution in [0.3, 0.4) is 0 Å². The van der Waals surface area contributed by atoms with Crippen LogP contribution in [0.2, 0.25) is 0 Å². The van der Waals surface area contributed by atoms with Crippen LogP contribution in [0.15, 0.2) is 42.5 Å². The summed E-state index contributed by atoms with van der Waals surface area (Å²) in [6.45, 7) is 4.06. The number of hydrogen-bond acceptors (Lipinski definition) is 2. The van der Waals surface area contributed by atoms with E-state index in [-0.39, 0.29) is 5.91 Å². The first-order chi connectivity index (χ1) is 9.47. The lowest BCUT2D eigenvalue weighted by Crippen LogP contribution is -2.28. The Bertz CT molecular complexity index is 614. The molecule has 0 radical (unpaired) electrons. The Hall–Kier alpha value is -2.29. The monoisotopic (exact) mass is 268 g/mol. The average molecular weight is 268 g/mol. The topological polar surface area (TPSA) is 46.3 Å². The third-order valence-corrected chi connectivity index (χ3v) is 3.36. The van der Waals surface area contributed by atoms with Gasteiger partial charge in [-0.3, -0.25) is 4.79 Å². The molecule has 0 saturated heterocycles. The summed E-state index contributed by atoms with van der Waals surface area (Å²) < 4.78 is 0. The van der Waals surface area contributed by atoms with Crippen LogP contribution in [0, 0.1) is 13.8 Å². The van der Waals surface area contributed by atoms with E-state index in [1.807, 2.05) is 50.2 Å². The zero-order valence-corrected chi connectivity index (χ0v) is 12.2. The average Bonchev–Trinajstić information content (AvgIpc) is 2.39. The Morgan fingerprint density at radius 2 is 1.70 bits per heavy atom. The number of carbonyl (C=O) groups is 1. The number of rotatable bonds is 3. The van der Waals surface area contributed by atoms with Gasteiger partial charge in [-0.1, -0.05) is 24.3 Å². The summed E-state index contributed by atoms with van der Waals surface area (Å²) in [7, 11) is 1.80. The molecule has 20 heavy (non-hydrogen) atoms. The van der Waals surface area contributed by atoms with Gasteiger partial charge in [-0.25, -0.2) is 0 Å². The van der Waals surface area contributed by atoms with Gasteiger partial charge in [0.05, 0.1) is 6.42 Å². The molecule has 3 nitrogen and oxygen atoms in total. The lowest BCUT2D eigenvalue weighted by Gasteiger charge is -2.19. The van der Waals surface area contributed by atoms with E-state index < -0.39 is 0 Å². The van der Waals surface area contributed by atoms with Crippen LogP contribution in [-0.2, 0) is 11.2 Å². The van der Waals surface area contributed by atoms with E-state index in [0.29, 0.717) is 12.1 Å². The summed E-state index contributed by atoms with van der Waals surface area (Å²) in [4.78, 5) is 14.0. The van der Waals surface area contributed by atoms with Gasteiger partial charge in [-0.2, -0.15) is 0 Å². The molecule has 0 aliphatic rings. The van der Waals surface area contributed by atoms with E-state index >= 15 is 0 Å². The molecule has 0 fully saturated rings. The van der Waals surface area contributed by atoms with Crippen LogP contribution in [0.5, 0.6) is 0 Å². The van der Waals surface area contributed by atoms with E-state index in [4.69, 9.17) is 5.73 Å². The van der Waals surface area contributed by atoms with Gasteiger partial charge in [0.25, 0.3) is 0 Å². The smallest absolute Gasteiger partial charge is 0.231 e. The Kier molecular flexibility index (Phi) is 4.08. The number of nitrogen functional groups attached to an aromatic ring is 1. The van der Waals surface area contributed by atoms with Crippen LogP contribution >= 0.6 is 0 Å². The number of para-hydroxylation sites is 1. The number of aryl methyl sites for hydroxylation is 2. The highest BCUT2D eigenvalue weighted by Gasteiger charge is 2.13. The quantitative estimate of drug-likeness (QED) is 0.869. The van der Waals surface area contributed by atoms with Crippen molar-refractivity contribution in [3.63, 3.8) is 0 Å². The number of likely N-dealkylation sites (N-methyl/N-ethyl adjacent to an activating group) is 1.